The second kappa shape index (κ2) is 7.62. The van der Waals surface area contributed by atoms with Gasteiger partial charge in [0.1, 0.15) is 5.69 Å². The van der Waals surface area contributed by atoms with Crippen molar-refractivity contribution < 1.29 is 4.79 Å². The van der Waals surface area contributed by atoms with Crippen LogP contribution >= 0.6 is 23.2 Å². The number of rotatable bonds is 4. The maximum absolute atomic E-state index is 12.7. The molecule has 0 atom stereocenters. The van der Waals surface area contributed by atoms with E-state index in [1.807, 2.05) is 31.2 Å². The Labute approximate surface area is 146 Å². The number of nitrogens with zero attached hydrogens (tertiary/aromatic N) is 2. The molecule has 0 unspecified atom stereocenters. The average Bonchev–Trinajstić information content (AvgIpc) is 2.55. The van der Waals surface area contributed by atoms with Gasteiger partial charge in [0.15, 0.2) is 0 Å². The zero-order valence-electron chi connectivity index (χ0n) is 13.3. The summed E-state index contributed by atoms with van der Waals surface area (Å²) in [5.41, 5.74) is 3.21. The van der Waals surface area contributed by atoms with Crippen molar-refractivity contribution >= 4 is 34.8 Å². The van der Waals surface area contributed by atoms with Gasteiger partial charge in [-0.1, -0.05) is 60.5 Å². The molecule has 0 saturated carbocycles. The molecule has 0 fully saturated rings. The third-order valence-electron chi connectivity index (χ3n) is 3.62. The summed E-state index contributed by atoms with van der Waals surface area (Å²) in [5, 5.41) is 0.644. The summed E-state index contributed by atoms with van der Waals surface area (Å²) in [6.07, 6.45) is 4.22. The first-order chi connectivity index (χ1) is 11.0. The third kappa shape index (κ3) is 3.74. The molecule has 1 aromatic heterocycles. The summed E-state index contributed by atoms with van der Waals surface area (Å²) in [4.78, 5) is 18.4. The lowest BCUT2D eigenvalue weighted by atomic mass is 10.0. The van der Waals surface area contributed by atoms with Crippen LogP contribution in [0.2, 0.25) is 10.0 Å². The molecule has 120 valence electrons. The number of benzene rings is 1. The van der Waals surface area contributed by atoms with Gasteiger partial charge in [-0.15, -0.1) is 0 Å². The normalized spacial score (nSPS) is 11.4. The minimum Gasteiger partial charge on any atom is -0.310 e. The predicted molar refractivity (Wildman–Crippen MR) is 95.8 cm³/mol. The number of carbonyl (C=O) groups is 1. The zero-order chi connectivity index (χ0) is 17.0. The summed E-state index contributed by atoms with van der Waals surface area (Å²) in [6.45, 7) is 3.99. The number of carbonyl (C=O) groups excluding carboxylic acids is 1. The number of aromatic nitrogens is 1. The molecule has 0 bridgehead atoms. The highest BCUT2D eigenvalue weighted by atomic mass is 35.5. The van der Waals surface area contributed by atoms with Gasteiger partial charge in [-0.05, 0) is 25.0 Å². The van der Waals surface area contributed by atoms with E-state index in [2.05, 4.69) is 18.0 Å². The Morgan fingerprint density at radius 3 is 2.61 bits per heavy atom. The largest absolute Gasteiger partial charge is 0.310 e. The summed E-state index contributed by atoms with van der Waals surface area (Å²) in [6, 6.07) is 9.55. The van der Waals surface area contributed by atoms with E-state index in [1.54, 1.807) is 11.9 Å². The molecule has 0 saturated heterocycles. The average molecular weight is 349 g/mol. The van der Waals surface area contributed by atoms with Gasteiger partial charge in [-0.2, -0.15) is 0 Å². The lowest BCUT2D eigenvalue weighted by molar-refractivity contribution is 0.0855. The number of aryl methyl sites for hydroxylation is 1. The molecule has 0 radical (unpaired) electrons. The monoisotopic (exact) mass is 348 g/mol. The predicted octanol–water partition coefficient (Wildman–Crippen LogP) is 5.08. The van der Waals surface area contributed by atoms with E-state index in [4.69, 9.17) is 23.2 Å². The highest BCUT2D eigenvalue weighted by Gasteiger charge is 2.21. The molecular formula is C18H18Cl2N2O. The van der Waals surface area contributed by atoms with Crippen molar-refractivity contribution in [3.8, 4) is 0 Å². The first kappa shape index (κ1) is 17.5. The molecule has 0 aliphatic heterocycles. The standard InChI is InChI=1S/C18H18Cl2N2O/c1-4-12-8-6-7-9-14(12)16(5-2)22(3)18(23)17-15(20)10-13(19)11-21-17/h5-11H,4H2,1-3H3/b16-5+. The lowest BCUT2D eigenvalue weighted by Gasteiger charge is -2.23. The van der Waals surface area contributed by atoms with Gasteiger partial charge >= 0.3 is 0 Å². The highest BCUT2D eigenvalue weighted by Crippen LogP contribution is 2.26. The highest BCUT2D eigenvalue weighted by molar-refractivity contribution is 6.36. The summed E-state index contributed by atoms with van der Waals surface area (Å²) in [7, 11) is 1.72. The van der Waals surface area contributed by atoms with Gasteiger partial charge in [-0.3, -0.25) is 4.79 Å². The molecule has 2 aromatic rings. The Balaban J connectivity index is 2.40. The molecule has 5 heteroatoms. The van der Waals surface area contributed by atoms with Crippen molar-refractivity contribution in [2.45, 2.75) is 20.3 Å². The van der Waals surface area contributed by atoms with Crippen LogP contribution in [0, 0.1) is 0 Å². The number of halogens is 2. The number of allylic oxidation sites excluding steroid dienone is 1. The van der Waals surface area contributed by atoms with E-state index in [0.29, 0.717) is 5.02 Å². The Bertz CT molecular complexity index is 756. The van der Waals surface area contributed by atoms with Crippen molar-refractivity contribution in [1.29, 1.82) is 0 Å². The van der Waals surface area contributed by atoms with Gasteiger partial charge in [-0.25, -0.2) is 4.98 Å². The van der Waals surface area contributed by atoms with Crippen LogP contribution in [0.15, 0.2) is 42.6 Å². The molecule has 3 nitrogen and oxygen atoms in total. The zero-order valence-corrected chi connectivity index (χ0v) is 14.8. The molecule has 1 amide bonds. The van der Waals surface area contributed by atoms with E-state index < -0.39 is 0 Å². The number of pyridine rings is 1. The Hall–Kier alpha value is -1.84. The lowest BCUT2D eigenvalue weighted by Crippen LogP contribution is -2.27. The van der Waals surface area contributed by atoms with E-state index in [0.717, 1.165) is 17.7 Å². The smallest absolute Gasteiger partial charge is 0.278 e. The first-order valence-corrected chi connectivity index (χ1v) is 8.08. The fourth-order valence-electron chi connectivity index (χ4n) is 2.45. The van der Waals surface area contributed by atoms with Crippen LogP contribution in [0.25, 0.3) is 5.70 Å². The number of amides is 1. The quantitative estimate of drug-likeness (QED) is 0.771. The molecule has 0 spiro atoms. The van der Waals surface area contributed by atoms with E-state index >= 15 is 0 Å². The van der Waals surface area contributed by atoms with Crippen molar-refractivity contribution in [3.63, 3.8) is 0 Å². The van der Waals surface area contributed by atoms with Crippen LogP contribution in [0.3, 0.4) is 0 Å². The molecular weight excluding hydrogens is 331 g/mol. The van der Waals surface area contributed by atoms with E-state index in [1.165, 1.54) is 17.8 Å². The third-order valence-corrected chi connectivity index (χ3v) is 4.12. The van der Waals surface area contributed by atoms with Crippen LogP contribution in [0.1, 0.15) is 35.5 Å². The molecule has 23 heavy (non-hydrogen) atoms. The fourth-order valence-corrected chi connectivity index (χ4v) is 2.91. The van der Waals surface area contributed by atoms with Gasteiger partial charge in [0.25, 0.3) is 5.91 Å². The van der Waals surface area contributed by atoms with Crippen LogP contribution in [-0.2, 0) is 6.42 Å². The molecule has 2 rings (SSSR count). The Morgan fingerprint density at radius 1 is 1.30 bits per heavy atom. The maximum Gasteiger partial charge on any atom is 0.278 e. The second-order valence-electron chi connectivity index (χ2n) is 5.03. The van der Waals surface area contributed by atoms with Gasteiger partial charge < -0.3 is 4.90 Å². The van der Waals surface area contributed by atoms with Gasteiger partial charge in [0.05, 0.1) is 10.0 Å². The molecule has 1 heterocycles. The molecule has 0 aliphatic rings. The van der Waals surface area contributed by atoms with Gasteiger partial charge in [0.2, 0.25) is 0 Å². The van der Waals surface area contributed by atoms with E-state index in [9.17, 15) is 4.79 Å². The topological polar surface area (TPSA) is 33.2 Å². The van der Waals surface area contributed by atoms with Crippen LogP contribution in [-0.4, -0.2) is 22.8 Å². The first-order valence-electron chi connectivity index (χ1n) is 7.33. The fraction of sp³-hybridized carbons (Fsp3) is 0.222. The minimum absolute atomic E-state index is 0.187. The van der Waals surface area contributed by atoms with Crippen LogP contribution in [0.5, 0.6) is 0 Å². The Morgan fingerprint density at radius 2 is 2.00 bits per heavy atom. The maximum atomic E-state index is 12.7. The summed E-state index contributed by atoms with van der Waals surface area (Å²) >= 11 is 12.0. The summed E-state index contributed by atoms with van der Waals surface area (Å²) < 4.78 is 0. The number of hydrogen-bond acceptors (Lipinski definition) is 2. The Kier molecular flexibility index (Phi) is 5.80. The minimum atomic E-state index is -0.273. The van der Waals surface area contributed by atoms with Crippen LogP contribution in [0.4, 0.5) is 0 Å². The molecule has 1 aromatic carbocycles. The van der Waals surface area contributed by atoms with E-state index in [-0.39, 0.29) is 16.6 Å². The molecule has 0 N–H and O–H groups in total. The van der Waals surface area contributed by atoms with Crippen LogP contribution < -0.4 is 0 Å². The van der Waals surface area contributed by atoms with Crippen molar-refractivity contribution in [3.05, 3.63) is 69.5 Å². The van der Waals surface area contributed by atoms with Crippen molar-refractivity contribution in [1.82, 2.24) is 9.88 Å². The second-order valence-corrected chi connectivity index (χ2v) is 5.88. The van der Waals surface area contributed by atoms with Crippen molar-refractivity contribution in [2.24, 2.45) is 0 Å². The summed E-state index contributed by atoms with van der Waals surface area (Å²) in [5.74, 6) is -0.273. The SMILES string of the molecule is C/C=C(\c1ccccc1CC)N(C)C(=O)c1ncc(Cl)cc1Cl. The molecule has 0 aliphatic carbocycles. The van der Waals surface area contributed by atoms with Crippen molar-refractivity contribution in [2.75, 3.05) is 7.05 Å². The van der Waals surface area contributed by atoms with Gasteiger partial charge in [0, 0.05) is 24.5 Å². The number of hydrogen-bond donors (Lipinski definition) is 0.